The first-order valence-corrected chi connectivity index (χ1v) is 5.94. The van der Waals surface area contributed by atoms with Gasteiger partial charge in [0.1, 0.15) is 5.75 Å². The first-order valence-electron chi connectivity index (χ1n) is 5.94. The van der Waals surface area contributed by atoms with Crippen LogP contribution in [0, 0.1) is 0 Å². The number of aromatic amines is 1. The molecule has 0 aliphatic rings. The molecule has 0 unspecified atom stereocenters. The van der Waals surface area contributed by atoms with Gasteiger partial charge in [0.2, 0.25) is 0 Å². The summed E-state index contributed by atoms with van der Waals surface area (Å²) in [6.07, 6.45) is -4.00. The lowest BCUT2D eigenvalue weighted by Gasteiger charge is -2.11. The zero-order valence-electron chi connectivity index (χ0n) is 10.4. The maximum Gasteiger partial charge on any atom is 0.392 e. The minimum Gasteiger partial charge on any atom is -0.492 e. The zero-order chi connectivity index (χ0) is 14.6. The van der Waals surface area contributed by atoms with Crippen LogP contribution in [0.1, 0.15) is 6.42 Å². The Bertz CT molecular complexity index is 620. The van der Waals surface area contributed by atoms with E-state index in [9.17, 15) is 18.0 Å². The minimum atomic E-state index is -4.28. The minimum absolute atomic E-state index is 0.143. The Morgan fingerprint density at radius 2 is 1.80 bits per heavy atom. The Morgan fingerprint density at radius 3 is 2.45 bits per heavy atom. The van der Waals surface area contributed by atoms with Gasteiger partial charge in [0.15, 0.2) is 0 Å². The second kappa shape index (κ2) is 5.81. The fourth-order valence-corrected chi connectivity index (χ4v) is 1.74. The maximum atomic E-state index is 12.1. The van der Waals surface area contributed by atoms with E-state index >= 15 is 0 Å². The first-order chi connectivity index (χ1) is 9.47. The zero-order valence-corrected chi connectivity index (χ0v) is 10.4. The van der Waals surface area contributed by atoms with Gasteiger partial charge in [0.25, 0.3) is 5.56 Å². The van der Waals surface area contributed by atoms with Crippen molar-refractivity contribution in [3.63, 3.8) is 0 Å². The summed E-state index contributed by atoms with van der Waals surface area (Å²) < 4.78 is 41.4. The number of hydrogen-bond acceptors (Lipinski definition) is 2. The van der Waals surface area contributed by atoms with Crippen molar-refractivity contribution < 1.29 is 17.9 Å². The van der Waals surface area contributed by atoms with E-state index < -0.39 is 24.8 Å². The molecular formula is C14H12F3NO2. The Morgan fingerprint density at radius 1 is 1.10 bits per heavy atom. The number of alkyl halides is 3. The van der Waals surface area contributed by atoms with E-state index in [0.717, 1.165) is 0 Å². The molecular weight excluding hydrogens is 271 g/mol. The number of ether oxygens (including phenoxy) is 1. The molecule has 1 aromatic carbocycles. The van der Waals surface area contributed by atoms with Crippen LogP contribution in [0.4, 0.5) is 13.2 Å². The topological polar surface area (TPSA) is 42.1 Å². The lowest BCUT2D eigenvalue weighted by Crippen LogP contribution is -2.15. The van der Waals surface area contributed by atoms with Gasteiger partial charge in [-0.1, -0.05) is 30.3 Å². The monoisotopic (exact) mass is 283 g/mol. The van der Waals surface area contributed by atoms with Crippen LogP contribution in [0.5, 0.6) is 5.75 Å². The molecule has 0 saturated carbocycles. The van der Waals surface area contributed by atoms with Gasteiger partial charge in [-0.2, -0.15) is 13.2 Å². The molecule has 3 nitrogen and oxygen atoms in total. The van der Waals surface area contributed by atoms with Crippen LogP contribution in [0.2, 0.25) is 0 Å². The van der Waals surface area contributed by atoms with Crippen molar-refractivity contribution in [2.45, 2.75) is 12.6 Å². The van der Waals surface area contributed by atoms with E-state index in [0.29, 0.717) is 5.56 Å². The second-order valence-electron chi connectivity index (χ2n) is 4.13. The lowest BCUT2D eigenvalue weighted by molar-refractivity contribution is -0.139. The van der Waals surface area contributed by atoms with Crippen molar-refractivity contribution in [1.82, 2.24) is 4.98 Å². The molecule has 0 spiro atoms. The van der Waals surface area contributed by atoms with Crippen LogP contribution >= 0.6 is 0 Å². The van der Waals surface area contributed by atoms with Gasteiger partial charge in [-0.25, -0.2) is 0 Å². The van der Waals surface area contributed by atoms with Gasteiger partial charge in [-0.05, 0) is 11.6 Å². The highest BCUT2D eigenvalue weighted by atomic mass is 19.4. The number of nitrogens with one attached hydrogen (secondary N) is 1. The van der Waals surface area contributed by atoms with E-state index in [1.807, 2.05) is 0 Å². The van der Waals surface area contributed by atoms with Gasteiger partial charge in [-0.3, -0.25) is 4.79 Å². The first kappa shape index (κ1) is 14.2. The Balaban J connectivity index is 2.26. The number of pyridine rings is 1. The average Bonchev–Trinajstić information content (AvgIpc) is 2.38. The summed E-state index contributed by atoms with van der Waals surface area (Å²) in [4.78, 5) is 14.3. The molecule has 1 aromatic heterocycles. The van der Waals surface area contributed by atoms with Gasteiger partial charge < -0.3 is 9.72 Å². The highest BCUT2D eigenvalue weighted by Crippen LogP contribution is 2.27. The van der Waals surface area contributed by atoms with Crippen LogP contribution in [0.3, 0.4) is 0 Å². The molecule has 0 aliphatic carbocycles. The molecule has 0 aliphatic heterocycles. The van der Waals surface area contributed by atoms with E-state index in [1.165, 1.54) is 12.3 Å². The molecule has 106 valence electrons. The molecule has 2 rings (SSSR count). The van der Waals surface area contributed by atoms with E-state index in [4.69, 9.17) is 4.74 Å². The van der Waals surface area contributed by atoms with Crippen LogP contribution in [0.25, 0.3) is 11.1 Å². The third-order valence-corrected chi connectivity index (χ3v) is 2.63. The highest BCUT2D eigenvalue weighted by Gasteiger charge is 2.27. The van der Waals surface area contributed by atoms with Crippen molar-refractivity contribution >= 4 is 0 Å². The summed E-state index contributed by atoms with van der Waals surface area (Å²) in [7, 11) is 0. The largest absolute Gasteiger partial charge is 0.492 e. The van der Waals surface area contributed by atoms with Crippen molar-refractivity contribution in [2.75, 3.05) is 6.61 Å². The Kier molecular flexibility index (Phi) is 4.12. The summed E-state index contributed by atoms with van der Waals surface area (Å²) in [5.41, 5.74) is 0.423. The van der Waals surface area contributed by atoms with E-state index in [2.05, 4.69) is 4.98 Å². The smallest absolute Gasteiger partial charge is 0.392 e. The fraction of sp³-hybridized carbons (Fsp3) is 0.214. The van der Waals surface area contributed by atoms with Crippen molar-refractivity contribution in [1.29, 1.82) is 0 Å². The molecule has 0 amide bonds. The van der Waals surface area contributed by atoms with Crippen molar-refractivity contribution in [2.24, 2.45) is 0 Å². The lowest BCUT2D eigenvalue weighted by atomic mass is 10.1. The van der Waals surface area contributed by atoms with Gasteiger partial charge >= 0.3 is 6.18 Å². The fourth-order valence-electron chi connectivity index (χ4n) is 1.74. The van der Waals surface area contributed by atoms with Crippen LogP contribution < -0.4 is 10.3 Å². The Labute approximate surface area is 113 Å². The van der Waals surface area contributed by atoms with Gasteiger partial charge in [-0.15, -0.1) is 0 Å². The van der Waals surface area contributed by atoms with Crippen molar-refractivity contribution in [3.05, 3.63) is 52.9 Å². The maximum absolute atomic E-state index is 12.1. The van der Waals surface area contributed by atoms with Crippen molar-refractivity contribution in [3.8, 4) is 16.9 Å². The average molecular weight is 283 g/mol. The quantitative estimate of drug-likeness (QED) is 0.934. The van der Waals surface area contributed by atoms with Crippen LogP contribution in [-0.4, -0.2) is 17.8 Å². The molecule has 0 radical (unpaired) electrons. The number of aromatic nitrogens is 1. The predicted octanol–water partition coefficient (Wildman–Crippen LogP) is 3.37. The van der Waals surface area contributed by atoms with E-state index in [1.54, 1.807) is 30.3 Å². The van der Waals surface area contributed by atoms with E-state index in [-0.39, 0.29) is 11.3 Å². The normalized spacial score (nSPS) is 11.3. The molecule has 1 heterocycles. The van der Waals surface area contributed by atoms with Crippen LogP contribution in [0.15, 0.2) is 47.4 Å². The third-order valence-electron chi connectivity index (χ3n) is 2.63. The molecule has 20 heavy (non-hydrogen) atoms. The summed E-state index contributed by atoms with van der Waals surface area (Å²) in [5, 5.41) is 0. The third kappa shape index (κ3) is 3.63. The molecule has 2 aromatic rings. The van der Waals surface area contributed by atoms with Crippen LogP contribution in [-0.2, 0) is 0 Å². The number of rotatable bonds is 4. The molecule has 6 heteroatoms. The number of benzene rings is 1. The number of H-pyrrole nitrogens is 1. The van der Waals surface area contributed by atoms with Gasteiger partial charge in [0, 0.05) is 6.20 Å². The summed E-state index contributed by atoms with van der Waals surface area (Å²) in [6.45, 7) is -0.521. The number of halogens is 3. The molecule has 0 atom stereocenters. The molecule has 1 N–H and O–H groups in total. The van der Waals surface area contributed by atoms with Gasteiger partial charge in [0.05, 0.1) is 18.6 Å². The highest BCUT2D eigenvalue weighted by molar-refractivity contribution is 5.69. The number of hydrogen-bond donors (Lipinski definition) is 1. The Hall–Kier alpha value is -2.24. The summed E-state index contributed by atoms with van der Waals surface area (Å²) in [6, 6.07) is 10.1. The molecule has 0 bridgehead atoms. The summed E-state index contributed by atoms with van der Waals surface area (Å²) >= 11 is 0. The predicted molar refractivity (Wildman–Crippen MR) is 68.7 cm³/mol. The second-order valence-corrected chi connectivity index (χ2v) is 4.13. The molecule has 0 fully saturated rings. The SMILES string of the molecule is O=c1[nH]ccc(OCCC(F)(F)F)c1-c1ccccc1. The standard InChI is InChI=1S/C14H12F3NO2/c15-14(16,17)7-9-20-11-6-8-18-13(19)12(11)10-4-2-1-3-5-10/h1-6,8H,7,9H2,(H,18,19). The summed E-state index contributed by atoms with van der Waals surface area (Å²) in [5.74, 6) is 0.143. The molecule has 0 saturated heterocycles.